The van der Waals surface area contributed by atoms with Crippen LogP contribution in [0.25, 0.3) is 0 Å². The highest BCUT2D eigenvalue weighted by Gasteiger charge is 2.16. The smallest absolute Gasteiger partial charge is 0.289 e. The molecular formula is C20H19ClN4O3. The van der Waals surface area contributed by atoms with Crippen molar-refractivity contribution in [1.29, 1.82) is 5.26 Å². The van der Waals surface area contributed by atoms with Crippen molar-refractivity contribution in [2.75, 3.05) is 10.6 Å². The van der Waals surface area contributed by atoms with Gasteiger partial charge in [-0.25, -0.2) is 0 Å². The van der Waals surface area contributed by atoms with Gasteiger partial charge in [0.25, 0.3) is 11.6 Å². The average molecular weight is 399 g/mol. The third-order valence-corrected chi connectivity index (χ3v) is 4.37. The molecule has 0 aliphatic carbocycles. The van der Waals surface area contributed by atoms with E-state index in [-0.39, 0.29) is 27.9 Å². The van der Waals surface area contributed by atoms with Crippen LogP contribution < -0.4 is 10.6 Å². The minimum absolute atomic E-state index is 0.0403. The maximum atomic E-state index is 12.4. The second kappa shape index (κ2) is 9.02. The van der Waals surface area contributed by atoms with Gasteiger partial charge in [-0.1, -0.05) is 43.6 Å². The lowest BCUT2D eigenvalue weighted by Gasteiger charge is -2.15. The molecule has 8 heteroatoms. The summed E-state index contributed by atoms with van der Waals surface area (Å²) >= 11 is 5.76. The first kappa shape index (κ1) is 20.9. The van der Waals surface area contributed by atoms with Gasteiger partial charge in [0.05, 0.1) is 4.92 Å². The van der Waals surface area contributed by atoms with Crippen LogP contribution in [0.4, 0.5) is 17.1 Å². The monoisotopic (exact) mass is 398 g/mol. The van der Waals surface area contributed by atoms with E-state index in [0.29, 0.717) is 0 Å². The zero-order valence-corrected chi connectivity index (χ0v) is 16.4. The fraction of sp³-hybridized carbons (Fsp3) is 0.200. The van der Waals surface area contributed by atoms with E-state index in [1.807, 2.05) is 31.2 Å². The lowest BCUT2D eigenvalue weighted by Crippen LogP contribution is -2.15. The Hall–Kier alpha value is -3.37. The molecule has 0 spiro atoms. The molecule has 0 unspecified atom stereocenters. The Kier molecular flexibility index (Phi) is 6.74. The summed E-state index contributed by atoms with van der Waals surface area (Å²) in [6, 6.07) is 11.6. The van der Waals surface area contributed by atoms with Crippen LogP contribution in [-0.4, -0.2) is 10.8 Å². The number of rotatable bonds is 6. The van der Waals surface area contributed by atoms with E-state index in [9.17, 15) is 20.2 Å². The number of nitrogens with zero attached hydrogens (tertiary/aromatic N) is 2. The van der Waals surface area contributed by atoms with E-state index in [1.54, 1.807) is 0 Å². The Morgan fingerprint density at radius 3 is 2.64 bits per heavy atom. The predicted octanol–water partition coefficient (Wildman–Crippen LogP) is 5.14. The van der Waals surface area contributed by atoms with E-state index < -0.39 is 10.8 Å². The summed E-state index contributed by atoms with van der Waals surface area (Å²) in [4.78, 5) is 22.7. The van der Waals surface area contributed by atoms with Crippen molar-refractivity contribution in [3.63, 3.8) is 0 Å². The fourth-order valence-electron chi connectivity index (χ4n) is 2.59. The summed E-state index contributed by atoms with van der Waals surface area (Å²) < 4.78 is 0. The number of carbonyl (C=O) groups excluding carboxylic acids is 1. The molecule has 2 rings (SSSR count). The van der Waals surface area contributed by atoms with Gasteiger partial charge in [0, 0.05) is 23.6 Å². The summed E-state index contributed by atoms with van der Waals surface area (Å²) in [6.07, 6.45) is 1.33. The highest BCUT2D eigenvalue weighted by atomic mass is 35.5. The largest absolute Gasteiger partial charge is 0.360 e. The number of anilines is 2. The number of amides is 1. The molecule has 0 saturated heterocycles. The van der Waals surface area contributed by atoms with Crippen LogP contribution >= 0.6 is 11.6 Å². The van der Waals surface area contributed by atoms with Gasteiger partial charge in [0.1, 0.15) is 16.7 Å². The maximum Gasteiger partial charge on any atom is 0.289 e. The van der Waals surface area contributed by atoms with Crippen molar-refractivity contribution in [3.05, 3.63) is 74.4 Å². The standard InChI is InChI=1S/C20H19ClN4O3/c1-12(2)16-6-4-5-13(3)19(16)23-11-14(10-22)20(26)24-15-7-8-17(21)18(9-15)25(27)28/h4-9,11-12,23H,1-3H3,(H,24,26)/b14-11-. The summed E-state index contributed by atoms with van der Waals surface area (Å²) in [7, 11) is 0. The van der Waals surface area contributed by atoms with Gasteiger partial charge in [-0.3, -0.25) is 14.9 Å². The predicted molar refractivity (Wildman–Crippen MR) is 109 cm³/mol. The number of nitro groups is 1. The van der Waals surface area contributed by atoms with Gasteiger partial charge in [-0.15, -0.1) is 0 Å². The third-order valence-electron chi connectivity index (χ3n) is 4.05. The molecule has 1 amide bonds. The molecule has 28 heavy (non-hydrogen) atoms. The molecule has 7 nitrogen and oxygen atoms in total. The first-order valence-electron chi connectivity index (χ1n) is 8.46. The van der Waals surface area contributed by atoms with E-state index in [2.05, 4.69) is 24.5 Å². The molecule has 0 aromatic heterocycles. The highest BCUT2D eigenvalue weighted by Crippen LogP contribution is 2.29. The fourth-order valence-corrected chi connectivity index (χ4v) is 2.78. The number of hydrogen-bond donors (Lipinski definition) is 2. The van der Waals surface area contributed by atoms with Crippen LogP contribution in [0, 0.1) is 28.4 Å². The minimum Gasteiger partial charge on any atom is -0.360 e. The summed E-state index contributed by atoms with van der Waals surface area (Å²) in [5.41, 5.74) is 2.54. The van der Waals surface area contributed by atoms with Crippen molar-refractivity contribution in [2.24, 2.45) is 0 Å². The average Bonchev–Trinajstić information content (AvgIpc) is 2.64. The zero-order chi connectivity index (χ0) is 20.8. The lowest BCUT2D eigenvalue weighted by atomic mass is 9.98. The summed E-state index contributed by atoms with van der Waals surface area (Å²) in [5, 5.41) is 25.8. The van der Waals surface area contributed by atoms with Crippen molar-refractivity contribution in [3.8, 4) is 6.07 Å². The molecule has 2 N–H and O–H groups in total. The number of hydrogen-bond acceptors (Lipinski definition) is 5. The normalized spacial score (nSPS) is 11.1. The van der Waals surface area contributed by atoms with Crippen molar-refractivity contribution in [1.82, 2.24) is 0 Å². The molecule has 0 saturated carbocycles. The topological polar surface area (TPSA) is 108 Å². The molecule has 0 bridgehead atoms. The van der Waals surface area contributed by atoms with Crippen molar-refractivity contribution in [2.45, 2.75) is 26.7 Å². The number of carbonyl (C=O) groups is 1. The first-order valence-corrected chi connectivity index (χ1v) is 8.84. The number of nitriles is 1. The molecule has 0 radical (unpaired) electrons. The Morgan fingerprint density at radius 1 is 1.32 bits per heavy atom. The Labute approximate surface area is 167 Å². The van der Waals surface area contributed by atoms with E-state index in [1.165, 1.54) is 18.3 Å². The number of nitro benzene ring substituents is 1. The molecule has 2 aromatic rings. The number of benzene rings is 2. The molecular weight excluding hydrogens is 380 g/mol. The van der Waals surface area contributed by atoms with E-state index in [0.717, 1.165) is 22.9 Å². The Bertz CT molecular complexity index is 993. The molecule has 0 fully saturated rings. The van der Waals surface area contributed by atoms with Crippen LogP contribution in [0.15, 0.2) is 48.2 Å². The highest BCUT2D eigenvalue weighted by molar-refractivity contribution is 6.32. The van der Waals surface area contributed by atoms with E-state index >= 15 is 0 Å². The van der Waals surface area contributed by atoms with Gasteiger partial charge in [0.15, 0.2) is 0 Å². The quantitative estimate of drug-likeness (QED) is 0.303. The van der Waals surface area contributed by atoms with Gasteiger partial charge in [-0.05, 0) is 36.1 Å². The van der Waals surface area contributed by atoms with E-state index in [4.69, 9.17) is 11.6 Å². The van der Waals surface area contributed by atoms with Crippen LogP contribution in [0.5, 0.6) is 0 Å². The second-order valence-electron chi connectivity index (χ2n) is 6.39. The molecule has 0 atom stereocenters. The number of para-hydroxylation sites is 1. The number of nitrogens with one attached hydrogen (secondary N) is 2. The first-order chi connectivity index (χ1) is 13.2. The summed E-state index contributed by atoms with van der Waals surface area (Å²) in [6.45, 7) is 6.03. The lowest BCUT2D eigenvalue weighted by molar-refractivity contribution is -0.384. The molecule has 0 aliphatic heterocycles. The van der Waals surface area contributed by atoms with Crippen LogP contribution in [0.2, 0.25) is 5.02 Å². The van der Waals surface area contributed by atoms with Gasteiger partial charge < -0.3 is 10.6 Å². The Morgan fingerprint density at radius 2 is 2.04 bits per heavy atom. The van der Waals surface area contributed by atoms with Gasteiger partial charge in [-0.2, -0.15) is 5.26 Å². The minimum atomic E-state index is -0.689. The second-order valence-corrected chi connectivity index (χ2v) is 6.79. The van der Waals surface area contributed by atoms with Gasteiger partial charge >= 0.3 is 0 Å². The number of aryl methyl sites for hydroxylation is 1. The third kappa shape index (κ3) is 4.87. The van der Waals surface area contributed by atoms with Crippen LogP contribution in [0.1, 0.15) is 30.9 Å². The molecule has 0 heterocycles. The molecule has 2 aromatic carbocycles. The van der Waals surface area contributed by atoms with Crippen LogP contribution in [0.3, 0.4) is 0 Å². The van der Waals surface area contributed by atoms with Crippen molar-refractivity contribution >= 4 is 34.6 Å². The van der Waals surface area contributed by atoms with Gasteiger partial charge in [0.2, 0.25) is 0 Å². The maximum absolute atomic E-state index is 12.4. The molecule has 0 aliphatic rings. The summed E-state index contributed by atoms with van der Waals surface area (Å²) in [5.74, 6) is -0.434. The van der Waals surface area contributed by atoms with Crippen molar-refractivity contribution < 1.29 is 9.72 Å². The SMILES string of the molecule is Cc1cccc(C(C)C)c1N/C=C(/C#N)C(=O)Nc1ccc(Cl)c([N+](=O)[O-])c1. The Balaban J connectivity index is 2.25. The number of halogens is 1. The molecule has 144 valence electrons. The van der Waals surface area contributed by atoms with Crippen LogP contribution in [-0.2, 0) is 4.79 Å². The zero-order valence-electron chi connectivity index (χ0n) is 15.6.